The lowest BCUT2D eigenvalue weighted by molar-refractivity contribution is -0.170. The van der Waals surface area contributed by atoms with Gasteiger partial charge < -0.3 is 14.6 Å². The number of rotatable bonds is 9. The number of alkyl halides is 4. The van der Waals surface area contributed by atoms with Crippen LogP contribution in [-0.4, -0.2) is 49.5 Å². The minimum atomic E-state index is -0.863. The Morgan fingerprint density at radius 2 is 1.28 bits per heavy atom. The Labute approximate surface area is 230 Å². The molecule has 0 amide bonds. The van der Waals surface area contributed by atoms with Crippen LogP contribution >= 0.6 is 63.7 Å². The monoisotopic (exact) mass is 708 g/mol. The molecule has 7 heteroatoms. The van der Waals surface area contributed by atoms with Crippen molar-refractivity contribution >= 4 is 63.7 Å². The van der Waals surface area contributed by atoms with E-state index in [9.17, 15) is 5.11 Å². The number of hydrogen-bond acceptors (Lipinski definition) is 3. The molecule has 0 saturated heterocycles. The Balaban J connectivity index is 2.06. The molecule has 0 aliphatic heterocycles. The van der Waals surface area contributed by atoms with Crippen molar-refractivity contribution in [3.05, 3.63) is 0 Å². The molecule has 0 heterocycles. The standard InChI is InChI=1S/C25H44Br4O3/c1-8-24(4,5)15-9-17(26)22(18(27)10-15)25(6,7)23-19(28)11-16(12-20(23)29)31-13-21(30)32-14(2)3/h14-23,30H,8-13H2,1-7H3. The summed E-state index contributed by atoms with van der Waals surface area (Å²) in [6.07, 6.45) is 4.83. The fraction of sp³-hybridized carbons (Fsp3) is 1.00. The summed E-state index contributed by atoms with van der Waals surface area (Å²) in [7, 11) is 0. The minimum absolute atomic E-state index is 0.00892. The number of halogens is 4. The first-order chi connectivity index (χ1) is 14.7. The highest BCUT2D eigenvalue weighted by atomic mass is 79.9. The Kier molecular flexibility index (Phi) is 11.6. The molecule has 32 heavy (non-hydrogen) atoms. The van der Waals surface area contributed by atoms with E-state index in [0.717, 1.165) is 18.8 Å². The Bertz CT molecular complexity index is 562. The summed E-state index contributed by atoms with van der Waals surface area (Å²) < 4.78 is 11.5. The van der Waals surface area contributed by atoms with Crippen molar-refractivity contribution in [3.63, 3.8) is 0 Å². The molecule has 0 bridgehead atoms. The van der Waals surface area contributed by atoms with Crippen molar-refractivity contribution in [2.75, 3.05) is 6.61 Å². The van der Waals surface area contributed by atoms with Crippen molar-refractivity contribution in [3.8, 4) is 0 Å². The molecule has 2 aliphatic carbocycles. The second kappa shape index (κ2) is 12.4. The van der Waals surface area contributed by atoms with Crippen LogP contribution in [0.25, 0.3) is 0 Å². The summed E-state index contributed by atoms with van der Waals surface area (Å²) in [5, 5.41) is 10.0. The zero-order valence-electron chi connectivity index (χ0n) is 20.8. The third kappa shape index (κ3) is 7.41. The Hall–Kier alpha value is 1.80. The van der Waals surface area contributed by atoms with E-state index in [-0.39, 0.29) is 24.2 Å². The predicted octanol–water partition coefficient (Wildman–Crippen LogP) is 8.07. The van der Waals surface area contributed by atoms with Crippen molar-refractivity contribution in [1.29, 1.82) is 0 Å². The van der Waals surface area contributed by atoms with Crippen molar-refractivity contribution in [2.45, 2.75) is 118 Å². The molecule has 0 aromatic heterocycles. The van der Waals surface area contributed by atoms with Crippen LogP contribution in [-0.2, 0) is 9.47 Å². The molecule has 2 rings (SSSR count). The zero-order chi connectivity index (χ0) is 24.4. The van der Waals surface area contributed by atoms with E-state index in [1.54, 1.807) is 0 Å². The van der Waals surface area contributed by atoms with Crippen LogP contribution in [0.4, 0.5) is 0 Å². The third-order valence-electron chi connectivity index (χ3n) is 8.19. The minimum Gasteiger partial charge on any atom is -0.373 e. The largest absolute Gasteiger partial charge is 0.373 e. The lowest BCUT2D eigenvalue weighted by Crippen LogP contribution is -2.54. The van der Waals surface area contributed by atoms with E-state index >= 15 is 0 Å². The molecule has 3 nitrogen and oxygen atoms in total. The van der Waals surface area contributed by atoms with Crippen LogP contribution in [0.5, 0.6) is 0 Å². The maximum absolute atomic E-state index is 10.0. The molecule has 190 valence electrons. The maximum Gasteiger partial charge on any atom is 0.178 e. The van der Waals surface area contributed by atoms with Gasteiger partial charge in [0.2, 0.25) is 0 Å². The zero-order valence-corrected chi connectivity index (χ0v) is 27.1. The second-order valence-electron chi connectivity index (χ2n) is 11.5. The molecule has 0 radical (unpaired) electrons. The van der Waals surface area contributed by atoms with Crippen LogP contribution in [0.2, 0.25) is 0 Å². The lowest BCUT2D eigenvalue weighted by Gasteiger charge is -2.55. The number of hydrogen-bond donors (Lipinski definition) is 1. The fourth-order valence-electron chi connectivity index (χ4n) is 6.00. The predicted molar refractivity (Wildman–Crippen MR) is 150 cm³/mol. The first-order valence-electron chi connectivity index (χ1n) is 12.2. The molecular formula is C25H44Br4O3. The second-order valence-corrected chi connectivity index (χ2v) is 16.2. The first kappa shape index (κ1) is 30.0. The van der Waals surface area contributed by atoms with Gasteiger partial charge >= 0.3 is 0 Å². The van der Waals surface area contributed by atoms with Crippen LogP contribution in [0.15, 0.2) is 0 Å². The van der Waals surface area contributed by atoms with Crippen molar-refractivity contribution < 1.29 is 14.6 Å². The molecule has 0 spiro atoms. The molecule has 5 unspecified atom stereocenters. The van der Waals surface area contributed by atoms with Crippen molar-refractivity contribution in [1.82, 2.24) is 0 Å². The van der Waals surface area contributed by atoms with E-state index < -0.39 is 6.29 Å². The molecule has 0 aromatic rings. The smallest absolute Gasteiger partial charge is 0.178 e. The normalized spacial score (nSPS) is 38.2. The van der Waals surface area contributed by atoms with Gasteiger partial charge in [-0.15, -0.1) is 0 Å². The van der Waals surface area contributed by atoms with Gasteiger partial charge in [0.05, 0.1) is 18.8 Å². The summed E-state index contributed by atoms with van der Waals surface area (Å²) in [5.41, 5.74) is 0.513. The molecular weight excluding hydrogens is 668 g/mol. The van der Waals surface area contributed by atoms with Crippen LogP contribution < -0.4 is 0 Å². The van der Waals surface area contributed by atoms with Gasteiger partial charge in [-0.1, -0.05) is 105 Å². The Morgan fingerprint density at radius 3 is 1.69 bits per heavy atom. The number of aliphatic hydroxyl groups is 1. The Morgan fingerprint density at radius 1 is 0.844 bits per heavy atom. The average Bonchev–Trinajstić information content (AvgIpc) is 2.64. The van der Waals surface area contributed by atoms with E-state index in [0.29, 0.717) is 36.6 Å². The summed E-state index contributed by atoms with van der Waals surface area (Å²) in [4.78, 5) is 1.72. The average molecular weight is 712 g/mol. The summed E-state index contributed by atoms with van der Waals surface area (Å²) >= 11 is 16.4. The molecule has 2 aliphatic rings. The van der Waals surface area contributed by atoms with Gasteiger partial charge in [0.25, 0.3) is 0 Å². The van der Waals surface area contributed by atoms with Gasteiger partial charge in [0.1, 0.15) is 0 Å². The third-order valence-corrected chi connectivity index (χ3v) is 12.0. The SMILES string of the molecule is CCC(C)(C)C1CC(Br)C(C(C)(C)C2C(Br)CC(OCC(O)OC(C)C)CC2Br)C(Br)C1. The summed E-state index contributed by atoms with van der Waals surface area (Å²) in [6.45, 7) is 16.2. The van der Waals surface area contributed by atoms with E-state index in [1.165, 1.54) is 19.3 Å². The van der Waals surface area contributed by atoms with Gasteiger partial charge in [-0.05, 0) is 68.1 Å². The topological polar surface area (TPSA) is 38.7 Å². The van der Waals surface area contributed by atoms with E-state index in [1.807, 2.05) is 13.8 Å². The maximum atomic E-state index is 10.0. The highest BCUT2D eigenvalue weighted by Crippen LogP contribution is 2.57. The quantitative estimate of drug-likeness (QED) is 0.194. The van der Waals surface area contributed by atoms with Gasteiger partial charge in [-0.2, -0.15) is 0 Å². The van der Waals surface area contributed by atoms with E-state index in [2.05, 4.69) is 98.3 Å². The molecule has 2 saturated carbocycles. The van der Waals surface area contributed by atoms with Crippen molar-refractivity contribution in [2.24, 2.45) is 28.6 Å². The van der Waals surface area contributed by atoms with Crippen LogP contribution in [0, 0.1) is 28.6 Å². The fourth-order valence-corrected chi connectivity index (χ4v) is 12.8. The number of aliphatic hydroxyl groups excluding tert-OH is 1. The molecule has 2 fully saturated rings. The molecule has 1 N–H and O–H groups in total. The number of ether oxygens (including phenoxy) is 2. The van der Waals surface area contributed by atoms with Gasteiger partial charge in [0.15, 0.2) is 6.29 Å². The van der Waals surface area contributed by atoms with Gasteiger partial charge in [-0.3, -0.25) is 0 Å². The summed E-state index contributed by atoms with van der Waals surface area (Å²) in [6, 6.07) is 0. The highest BCUT2D eigenvalue weighted by molar-refractivity contribution is 9.10. The highest BCUT2D eigenvalue weighted by Gasteiger charge is 2.53. The first-order valence-corrected chi connectivity index (χ1v) is 15.9. The van der Waals surface area contributed by atoms with Crippen LogP contribution in [0.1, 0.15) is 80.6 Å². The van der Waals surface area contributed by atoms with Gasteiger partial charge in [0, 0.05) is 19.3 Å². The van der Waals surface area contributed by atoms with E-state index in [4.69, 9.17) is 9.47 Å². The molecule has 5 atom stereocenters. The summed E-state index contributed by atoms with van der Waals surface area (Å²) in [5.74, 6) is 1.77. The van der Waals surface area contributed by atoms with Crippen LogP contribution in [0.3, 0.4) is 0 Å². The lowest BCUT2D eigenvalue weighted by atomic mass is 9.57. The molecule has 0 aromatic carbocycles. The van der Waals surface area contributed by atoms with Gasteiger partial charge in [-0.25, -0.2) is 0 Å².